The number of rotatable bonds is 2. The van der Waals surface area contributed by atoms with Gasteiger partial charge in [-0.1, -0.05) is 12.1 Å². The van der Waals surface area contributed by atoms with Crippen molar-refractivity contribution in [2.45, 2.75) is 0 Å². The van der Waals surface area contributed by atoms with Gasteiger partial charge in [-0.05, 0) is 12.1 Å². The summed E-state index contributed by atoms with van der Waals surface area (Å²) in [5.41, 5.74) is 0.606. The van der Waals surface area contributed by atoms with Crippen LogP contribution in [0.1, 0.15) is 0 Å². The molecular formula is C10H13O3+. The molecule has 0 heterocycles. The first-order valence-corrected chi connectivity index (χ1v) is 3.91. The lowest BCUT2D eigenvalue weighted by atomic mass is 10.4. The monoisotopic (exact) mass is 181 g/mol. The van der Waals surface area contributed by atoms with Gasteiger partial charge in [0.15, 0.2) is 0 Å². The Bertz CT molecular complexity index is 315. The molecule has 1 rings (SSSR count). The maximum absolute atomic E-state index is 5.17. The van der Waals surface area contributed by atoms with Crippen LogP contribution in [0.3, 0.4) is 0 Å². The number of methoxy groups -OCH3 is 2. The van der Waals surface area contributed by atoms with Crippen LogP contribution in [0.15, 0.2) is 28.7 Å². The third-order valence-electron chi connectivity index (χ3n) is 1.70. The van der Waals surface area contributed by atoms with Crippen LogP contribution in [0.5, 0.6) is 11.5 Å². The largest absolute Gasteiger partial charge is 0.488 e. The molecule has 70 valence electrons. The Morgan fingerprint density at radius 1 is 1.00 bits per heavy atom. The first-order valence-electron chi connectivity index (χ1n) is 3.91. The summed E-state index contributed by atoms with van der Waals surface area (Å²) in [6.45, 7) is 0. The van der Waals surface area contributed by atoms with Gasteiger partial charge >= 0.3 is 5.43 Å². The van der Waals surface area contributed by atoms with Crippen molar-refractivity contribution in [3.63, 3.8) is 0 Å². The molecule has 1 aromatic rings. The molecule has 0 aliphatic carbocycles. The Labute approximate surface area is 77.2 Å². The van der Waals surface area contributed by atoms with E-state index in [0.29, 0.717) is 16.9 Å². The Balaban J connectivity index is 3.49. The first kappa shape index (κ1) is 9.58. The van der Waals surface area contributed by atoms with Crippen molar-refractivity contribution in [1.82, 2.24) is 0 Å². The van der Waals surface area contributed by atoms with Crippen LogP contribution < -0.4 is 14.9 Å². The average molecular weight is 181 g/mol. The van der Waals surface area contributed by atoms with E-state index < -0.39 is 0 Å². The molecule has 13 heavy (non-hydrogen) atoms. The van der Waals surface area contributed by atoms with E-state index in [2.05, 4.69) is 0 Å². The van der Waals surface area contributed by atoms with Crippen molar-refractivity contribution in [3.8, 4) is 11.5 Å². The molecule has 3 nitrogen and oxygen atoms in total. The summed E-state index contributed by atoms with van der Waals surface area (Å²) in [5.74, 6) is 1.31. The van der Waals surface area contributed by atoms with Gasteiger partial charge in [0.05, 0.1) is 14.2 Å². The maximum atomic E-state index is 5.17. The Morgan fingerprint density at radius 3 is 1.77 bits per heavy atom. The summed E-state index contributed by atoms with van der Waals surface area (Å²) in [7, 11) is 4.77. The van der Waals surface area contributed by atoms with Crippen LogP contribution in [-0.4, -0.2) is 21.3 Å². The lowest BCUT2D eigenvalue weighted by Gasteiger charge is -1.92. The molecule has 0 aliphatic rings. The highest BCUT2D eigenvalue weighted by molar-refractivity contribution is 5.32. The van der Waals surface area contributed by atoms with Crippen LogP contribution in [0.25, 0.3) is 0 Å². The highest BCUT2D eigenvalue weighted by Gasteiger charge is 2.10. The van der Waals surface area contributed by atoms with Gasteiger partial charge in [-0.25, -0.2) is 4.42 Å². The van der Waals surface area contributed by atoms with E-state index in [0.717, 1.165) is 0 Å². The van der Waals surface area contributed by atoms with Crippen molar-refractivity contribution in [2.24, 2.45) is 0 Å². The molecule has 0 bridgehead atoms. The molecule has 0 fully saturated rings. The van der Waals surface area contributed by atoms with Gasteiger partial charge in [0, 0.05) is 0 Å². The second-order valence-electron chi connectivity index (χ2n) is 2.39. The summed E-state index contributed by atoms with van der Waals surface area (Å²) in [4.78, 5) is 0. The van der Waals surface area contributed by atoms with E-state index in [-0.39, 0.29) is 0 Å². The molecule has 3 heteroatoms. The van der Waals surface area contributed by atoms with Gasteiger partial charge < -0.3 is 9.47 Å². The van der Waals surface area contributed by atoms with Gasteiger partial charge in [-0.15, -0.1) is 0 Å². The fraction of sp³-hybridized carbons (Fsp3) is 0.300. The van der Waals surface area contributed by atoms with Gasteiger partial charge in [-0.3, -0.25) is 0 Å². The second kappa shape index (κ2) is 4.50. The van der Waals surface area contributed by atoms with E-state index in [9.17, 15) is 0 Å². The van der Waals surface area contributed by atoms with Gasteiger partial charge in [0.1, 0.15) is 0 Å². The van der Waals surface area contributed by atoms with E-state index in [1.165, 1.54) is 0 Å². The SMILES string of the molecule is COc1ccccc(OC)c1=[O+]C. The predicted octanol–water partition coefficient (Wildman–Crippen LogP) is 1.23. The lowest BCUT2D eigenvalue weighted by molar-refractivity contribution is 0.389. The zero-order chi connectivity index (χ0) is 9.68. The molecule has 0 spiro atoms. The van der Waals surface area contributed by atoms with Crippen LogP contribution in [0.4, 0.5) is 0 Å². The molecule has 0 saturated heterocycles. The summed E-state index contributed by atoms with van der Waals surface area (Å²) in [5, 5.41) is 0. The van der Waals surface area contributed by atoms with Gasteiger partial charge in [0.2, 0.25) is 11.5 Å². The highest BCUT2D eigenvalue weighted by atomic mass is 16.5. The topological polar surface area (TPSA) is 29.8 Å². The third kappa shape index (κ3) is 1.99. The Kier molecular flexibility index (Phi) is 3.31. The Morgan fingerprint density at radius 2 is 1.46 bits per heavy atom. The fourth-order valence-corrected chi connectivity index (χ4v) is 1.08. The van der Waals surface area contributed by atoms with Gasteiger partial charge in [0.25, 0.3) is 7.11 Å². The molecule has 0 unspecified atom stereocenters. The number of ether oxygens (including phenoxy) is 2. The average Bonchev–Trinajstić information content (AvgIpc) is 2.37. The standard InChI is InChI=1S/C10H13O3/c1-11-8-6-4-5-7-9(12-2)10(8)13-3/h4-7H,1-3H3/q+1. The summed E-state index contributed by atoms with van der Waals surface area (Å²) in [6, 6.07) is 7.37. The smallest absolute Gasteiger partial charge is 0.425 e. The van der Waals surface area contributed by atoms with Crippen LogP contribution in [0, 0.1) is 0 Å². The van der Waals surface area contributed by atoms with Crippen molar-refractivity contribution < 1.29 is 9.47 Å². The fourth-order valence-electron chi connectivity index (χ4n) is 1.08. The molecule has 0 N–H and O–H groups in total. The maximum Gasteiger partial charge on any atom is 0.425 e. The van der Waals surface area contributed by atoms with Crippen LogP contribution in [-0.2, 0) is 0 Å². The predicted molar refractivity (Wildman–Crippen MR) is 51.7 cm³/mol. The minimum absolute atomic E-state index is 0.606. The summed E-state index contributed by atoms with van der Waals surface area (Å²) in [6.07, 6.45) is 0. The van der Waals surface area contributed by atoms with Gasteiger partial charge in [-0.2, -0.15) is 0 Å². The van der Waals surface area contributed by atoms with E-state index in [4.69, 9.17) is 13.9 Å². The van der Waals surface area contributed by atoms with Crippen LogP contribution >= 0.6 is 0 Å². The van der Waals surface area contributed by atoms with Crippen molar-refractivity contribution in [1.29, 1.82) is 0 Å². The molecule has 0 saturated carbocycles. The minimum atomic E-state index is 0.606. The van der Waals surface area contributed by atoms with Crippen molar-refractivity contribution in [2.75, 3.05) is 21.3 Å². The summed E-state index contributed by atoms with van der Waals surface area (Å²) < 4.78 is 15.4. The quantitative estimate of drug-likeness (QED) is 0.642. The molecule has 0 radical (unpaired) electrons. The van der Waals surface area contributed by atoms with Crippen molar-refractivity contribution in [3.05, 3.63) is 34.1 Å². The number of hydrogen-bond acceptors (Lipinski definition) is 2. The molecular weight excluding hydrogens is 168 g/mol. The van der Waals surface area contributed by atoms with Crippen LogP contribution in [0.2, 0.25) is 0 Å². The summed E-state index contributed by atoms with van der Waals surface area (Å²) >= 11 is 0. The normalized spacial score (nSPS) is 9.15. The third-order valence-corrected chi connectivity index (χ3v) is 1.70. The molecule has 0 aromatic heterocycles. The molecule has 1 aromatic carbocycles. The zero-order valence-corrected chi connectivity index (χ0v) is 8.03. The number of hydrogen-bond donors (Lipinski definition) is 0. The first-order chi connectivity index (χ1) is 6.33. The zero-order valence-electron chi connectivity index (χ0n) is 8.03. The second-order valence-corrected chi connectivity index (χ2v) is 2.39. The van der Waals surface area contributed by atoms with Crippen molar-refractivity contribution >= 4 is 0 Å². The van der Waals surface area contributed by atoms with E-state index in [1.54, 1.807) is 21.3 Å². The Hall–Kier alpha value is -1.51. The molecule has 0 amide bonds. The molecule has 0 atom stereocenters. The highest BCUT2D eigenvalue weighted by Crippen LogP contribution is 2.08. The lowest BCUT2D eigenvalue weighted by Crippen LogP contribution is -2.07. The minimum Gasteiger partial charge on any atom is -0.488 e. The van der Waals surface area contributed by atoms with E-state index >= 15 is 0 Å². The molecule has 0 aliphatic heterocycles. The van der Waals surface area contributed by atoms with E-state index in [1.807, 2.05) is 24.3 Å².